The van der Waals surface area contributed by atoms with Crippen LogP contribution in [0.1, 0.15) is 28.7 Å². The second-order valence-corrected chi connectivity index (χ2v) is 6.46. The van der Waals surface area contributed by atoms with Gasteiger partial charge in [0.1, 0.15) is 23.9 Å². The van der Waals surface area contributed by atoms with Crippen LogP contribution >= 0.6 is 15.9 Å². The number of halogens is 3. The lowest BCUT2D eigenvalue weighted by Crippen LogP contribution is -2.26. The molecule has 0 aliphatic heterocycles. The Kier molecular flexibility index (Phi) is 6.23. The first-order valence-corrected chi connectivity index (χ1v) is 8.87. The van der Waals surface area contributed by atoms with Crippen LogP contribution in [0.4, 0.5) is 8.78 Å². The number of amides is 1. The van der Waals surface area contributed by atoms with Crippen LogP contribution in [0, 0.1) is 0 Å². The number of ether oxygens (including phenoxy) is 1. The molecule has 9 heteroatoms. The zero-order chi connectivity index (χ0) is 19.2. The number of alkyl halides is 2. The van der Waals surface area contributed by atoms with Gasteiger partial charge in [-0.25, -0.2) is 4.98 Å². The van der Waals surface area contributed by atoms with Crippen LogP contribution in [0.25, 0.3) is 0 Å². The van der Waals surface area contributed by atoms with Crippen molar-refractivity contribution in [1.82, 2.24) is 14.9 Å². The SMILES string of the molecule is O=C(NCCc1nccn1C(F)F)c1ccc(COc2cccc(Br)c2)o1. The van der Waals surface area contributed by atoms with Gasteiger partial charge in [-0.3, -0.25) is 9.36 Å². The highest BCUT2D eigenvalue weighted by atomic mass is 79.9. The Morgan fingerprint density at radius 3 is 2.96 bits per heavy atom. The molecule has 3 aromatic rings. The highest BCUT2D eigenvalue weighted by Gasteiger charge is 2.14. The van der Waals surface area contributed by atoms with Crippen molar-refractivity contribution in [3.05, 3.63) is 70.6 Å². The third-order valence-corrected chi connectivity index (χ3v) is 4.15. The lowest BCUT2D eigenvalue weighted by Gasteiger charge is -2.07. The van der Waals surface area contributed by atoms with Crippen LogP contribution in [0.5, 0.6) is 5.75 Å². The molecule has 0 spiro atoms. The van der Waals surface area contributed by atoms with Crippen LogP contribution in [0.15, 0.2) is 57.7 Å². The molecule has 0 saturated heterocycles. The lowest BCUT2D eigenvalue weighted by atomic mass is 10.3. The van der Waals surface area contributed by atoms with E-state index in [9.17, 15) is 13.6 Å². The normalized spacial score (nSPS) is 11.0. The molecule has 0 fully saturated rings. The number of furan rings is 1. The largest absolute Gasteiger partial charge is 0.486 e. The molecular weight excluding hydrogens is 424 g/mol. The zero-order valence-electron chi connectivity index (χ0n) is 14.1. The molecule has 0 radical (unpaired) electrons. The predicted octanol–water partition coefficient (Wildman–Crippen LogP) is 4.19. The number of hydrogen-bond donors (Lipinski definition) is 1. The van der Waals surface area contributed by atoms with E-state index in [-0.39, 0.29) is 31.2 Å². The maximum Gasteiger partial charge on any atom is 0.319 e. The number of rotatable bonds is 8. The summed E-state index contributed by atoms with van der Waals surface area (Å²) < 4.78 is 38.2. The molecule has 0 unspecified atom stereocenters. The summed E-state index contributed by atoms with van der Waals surface area (Å²) in [7, 11) is 0. The van der Waals surface area contributed by atoms with Crippen molar-refractivity contribution >= 4 is 21.8 Å². The Morgan fingerprint density at radius 2 is 2.19 bits per heavy atom. The molecule has 2 aromatic heterocycles. The van der Waals surface area contributed by atoms with Crippen LogP contribution in [0.2, 0.25) is 0 Å². The van der Waals surface area contributed by atoms with E-state index >= 15 is 0 Å². The van der Waals surface area contributed by atoms with Crippen molar-refractivity contribution in [3.63, 3.8) is 0 Å². The molecule has 0 aliphatic rings. The van der Waals surface area contributed by atoms with Gasteiger partial charge in [0.25, 0.3) is 5.91 Å². The summed E-state index contributed by atoms with van der Waals surface area (Å²) in [5, 5.41) is 2.62. The lowest BCUT2D eigenvalue weighted by molar-refractivity contribution is 0.0670. The van der Waals surface area contributed by atoms with E-state index in [0.29, 0.717) is 11.5 Å². The van der Waals surface area contributed by atoms with E-state index in [1.165, 1.54) is 18.5 Å². The fraction of sp³-hybridized carbons (Fsp3) is 0.222. The summed E-state index contributed by atoms with van der Waals surface area (Å²) in [6.07, 6.45) is 2.68. The molecule has 27 heavy (non-hydrogen) atoms. The fourth-order valence-electron chi connectivity index (χ4n) is 2.38. The molecular formula is C18H16BrF2N3O3. The number of carbonyl (C=O) groups excluding carboxylic acids is 1. The van der Waals surface area contributed by atoms with Gasteiger partial charge in [0, 0.05) is 29.8 Å². The number of imidazole rings is 1. The summed E-state index contributed by atoms with van der Waals surface area (Å²) in [5.74, 6) is 1.06. The maximum absolute atomic E-state index is 12.7. The standard InChI is InChI=1S/C18H16BrF2N3O3/c19-12-2-1-3-13(10-12)26-11-14-4-5-15(27-14)17(25)23-7-6-16-22-8-9-24(16)18(20)21/h1-5,8-10,18H,6-7,11H2,(H,23,25). The number of hydrogen-bond acceptors (Lipinski definition) is 4. The average molecular weight is 440 g/mol. The minimum atomic E-state index is -2.66. The molecule has 0 bridgehead atoms. The maximum atomic E-state index is 12.7. The summed E-state index contributed by atoms with van der Waals surface area (Å²) >= 11 is 3.36. The molecule has 3 rings (SSSR count). The van der Waals surface area contributed by atoms with E-state index in [1.807, 2.05) is 24.3 Å². The van der Waals surface area contributed by atoms with Gasteiger partial charge in [0.2, 0.25) is 0 Å². The fourth-order valence-corrected chi connectivity index (χ4v) is 2.76. The number of carbonyl (C=O) groups is 1. The molecule has 1 amide bonds. The number of aromatic nitrogens is 2. The van der Waals surface area contributed by atoms with E-state index in [2.05, 4.69) is 26.2 Å². The molecule has 1 aromatic carbocycles. The van der Waals surface area contributed by atoms with Crippen molar-refractivity contribution in [2.75, 3.05) is 6.54 Å². The third-order valence-electron chi connectivity index (χ3n) is 3.66. The zero-order valence-corrected chi connectivity index (χ0v) is 15.7. The first-order chi connectivity index (χ1) is 13.0. The second kappa shape index (κ2) is 8.81. The van der Waals surface area contributed by atoms with Gasteiger partial charge >= 0.3 is 6.55 Å². The van der Waals surface area contributed by atoms with E-state index in [4.69, 9.17) is 9.15 Å². The van der Waals surface area contributed by atoms with Gasteiger partial charge in [0.05, 0.1) is 0 Å². The quantitative estimate of drug-likeness (QED) is 0.571. The Bertz CT molecular complexity index is 911. The van der Waals surface area contributed by atoms with Crippen molar-refractivity contribution in [2.24, 2.45) is 0 Å². The van der Waals surface area contributed by atoms with Gasteiger partial charge in [0.15, 0.2) is 5.76 Å². The molecule has 0 atom stereocenters. The van der Waals surface area contributed by atoms with Gasteiger partial charge < -0.3 is 14.5 Å². The summed E-state index contributed by atoms with van der Waals surface area (Å²) in [4.78, 5) is 16.0. The summed E-state index contributed by atoms with van der Waals surface area (Å²) in [5.41, 5.74) is 0. The molecule has 142 valence electrons. The van der Waals surface area contributed by atoms with E-state index in [0.717, 1.165) is 9.04 Å². The first-order valence-electron chi connectivity index (χ1n) is 8.08. The van der Waals surface area contributed by atoms with Crippen molar-refractivity contribution < 1.29 is 22.7 Å². The Hall–Kier alpha value is -2.68. The van der Waals surface area contributed by atoms with Gasteiger partial charge in [-0.05, 0) is 30.3 Å². The van der Waals surface area contributed by atoms with Crippen LogP contribution < -0.4 is 10.1 Å². The number of nitrogens with zero attached hydrogens (tertiary/aromatic N) is 2. The van der Waals surface area contributed by atoms with Gasteiger partial charge in [-0.2, -0.15) is 8.78 Å². The Morgan fingerprint density at radius 1 is 1.33 bits per heavy atom. The Balaban J connectivity index is 1.48. The van der Waals surface area contributed by atoms with Crippen molar-refractivity contribution in [1.29, 1.82) is 0 Å². The third kappa shape index (κ3) is 5.16. The minimum Gasteiger partial charge on any atom is -0.486 e. The predicted molar refractivity (Wildman–Crippen MR) is 96.7 cm³/mol. The molecule has 0 aliphatic carbocycles. The Labute approximate surface area is 162 Å². The van der Waals surface area contributed by atoms with Crippen LogP contribution in [0.3, 0.4) is 0 Å². The summed E-state index contributed by atoms with van der Waals surface area (Å²) in [6, 6.07) is 10.5. The number of benzene rings is 1. The topological polar surface area (TPSA) is 69.3 Å². The molecule has 2 heterocycles. The highest BCUT2D eigenvalue weighted by molar-refractivity contribution is 9.10. The van der Waals surface area contributed by atoms with Crippen LogP contribution in [-0.2, 0) is 13.0 Å². The van der Waals surface area contributed by atoms with Crippen molar-refractivity contribution in [2.45, 2.75) is 19.6 Å². The summed E-state index contributed by atoms with van der Waals surface area (Å²) in [6.45, 7) is -2.32. The molecule has 1 N–H and O–H groups in total. The van der Waals surface area contributed by atoms with E-state index < -0.39 is 12.5 Å². The average Bonchev–Trinajstić information content (AvgIpc) is 3.29. The number of nitrogens with one attached hydrogen (secondary N) is 1. The molecule has 0 saturated carbocycles. The second-order valence-electron chi connectivity index (χ2n) is 5.55. The smallest absolute Gasteiger partial charge is 0.319 e. The monoisotopic (exact) mass is 439 g/mol. The van der Waals surface area contributed by atoms with Crippen LogP contribution in [-0.4, -0.2) is 22.0 Å². The van der Waals surface area contributed by atoms with Gasteiger partial charge in [-0.1, -0.05) is 22.0 Å². The van der Waals surface area contributed by atoms with Gasteiger partial charge in [-0.15, -0.1) is 0 Å². The molecule has 6 nitrogen and oxygen atoms in total. The van der Waals surface area contributed by atoms with Crippen molar-refractivity contribution in [3.8, 4) is 5.75 Å². The van der Waals surface area contributed by atoms with E-state index in [1.54, 1.807) is 6.07 Å². The minimum absolute atomic E-state index is 0.125. The highest BCUT2D eigenvalue weighted by Crippen LogP contribution is 2.19. The first kappa shape index (κ1) is 19.1.